The molecule has 0 aliphatic rings. The minimum absolute atomic E-state index is 0.395. The summed E-state index contributed by atoms with van der Waals surface area (Å²) < 4.78 is 1.07. The summed E-state index contributed by atoms with van der Waals surface area (Å²) in [4.78, 5) is 12.0. The summed E-state index contributed by atoms with van der Waals surface area (Å²) in [7, 11) is 0. The first-order valence-electron chi connectivity index (χ1n) is 4.31. The quantitative estimate of drug-likeness (QED) is 0.902. The van der Waals surface area contributed by atoms with Crippen LogP contribution >= 0.6 is 27.3 Å². The molecule has 4 heteroatoms. The SMILES string of the molecule is NC(=O)c1ccc(-c2cc(Br)cs2)cc1. The van der Waals surface area contributed by atoms with Crippen LogP contribution in [-0.2, 0) is 0 Å². The molecule has 2 N–H and O–H groups in total. The van der Waals surface area contributed by atoms with Crippen molar-refractivity contribution in [3.05, 3.63) is 45.7 Å². The Morgan fingerprint density at radius 1 is 1.27 bits per heavy atom. The highest BCUT2D eigenvalue weighted by atomic mass is 79.9. The molecule has 0 unspecified atom stereocenters. The molecule has 1 aromatic carbocycles. The maximum atomic E-state index is 10.9. The van der Waals surface area contributed by atoms with Gasteiger partial charge in [0.05, 0.1) is 0 Å². The number of nitrogens with two attached hydrogens (primary N) is 1. The third-order valence-corrected chi connectivity index (χ3v) is 3.76. The van der Waals surface area contributed by atoms with Gasteiger partial charge in [0, 0.05) is 20.3 Å². The zero-order valence-corrected chi connectivity index (χ0v) is 10.1. The maximum absolute atomic E-state index is 10.9. The van der Waals surface area contributed by atoms with Crippen molar-refractivity contribution in [1.29, 1.82) is 0 Å². The van der Waals surface area contributed by atoms with Crippen molar-refractivity contribution in [2.24, 2.45) is 5.73 Å². The molecule has 1 amide bonds. The number of halogens is 1. The lowest BCUT2D eigenvalue weighted by Gasteiger charge is -1.98. The molecule has 2 nitrogen and oxygen atoms in total. The summed E-state index contributed by atoms with van der Waals surface area (Å²) in [5, 5.41) is 2.03. The summed E-state index contributed by atoms with van der Waals surface area (Å²) >= 11 is 5.06. The first-order chi connectivity index (χ1) is 7.16. The van der Waals surface area contributed by atoms with Gasteiger partial charge in [0.2, 0.25) is 5.91 Å². The Bertz CT molecular complexity index is 490. The van der Waals surface area contributed by atoms with E-state index in [9.17, 15) is 4.79 Å². The van der Waals surface area contributed by atoms with Crippen LogP contribution < -0.4 is 5.73 Å². The van der Waals surface area contributed by atoms with Crippen LogP contribution in [-0.4, -0.2) is 5.91 Å². The van der Waals surface area contributed by atoms with E-state index in [-0.39, 0.29) is 0 Å². The van der Waals surface area contributed by atoms with Gasteiger partial charge in [-0.25, -0.2) is 0 Å². The summed E-state index contributed by atoms with van der Waals surface area (Å²) in [6.45, 7) is 0. The molecule has 0 saturated carbocycles. The molecule has 0 saturated heterocycles. The minimum atomic E-state index is -0.395. The van der Waals surface area contributed by atoms with Gasteiger partial charge >= 0.3 is 0 Å². The molecule has 0 atom stereocenters. The van der Waals surface area contributed by atoms with Crippen LogP contribution in [0.4, 0.5) is 0 Å². The van der Waals surface area contributed by atoms with E-state index in [1.807, 2.05) is 23.6 Å². The smallest absolute Gasteiger partial charge is 0.248 e. The summed E-state index contributed by atoms with van der Waals surface area (Å²) in [5.41, 5.74) is 6.79. The lowest BCUT2D eigenvalue weighted by molar-refractivity contribution is 0.100. The molecule has 2 rings (SSSR count). The lowest BCUT2D eigenvalue weighted by Crippen LogP contribution is -2.10. The Kier molecular flexibility index (Phi) is 2.88. The van der Waals surface area contributed by atoms with Crippen molar-refractivity contribution >= 4 is 33.2 Å². The van der Waals surface area contributed by atoms with E-state index in [1.165, 1.54) is 0 Å². The van der Waals surface area contributed by atoms with E-state index in [1.54, 1.807) is 23.5 Å². The summed E-state index contributed by atoms with van der Waals surface area (Å²) in [6, 6.07) is 9.33. The molecule has 0 fully saturated rings. The van der Waals surface area contributed by atoms with Gasteiger partial charge in [0.15, 0.2) is 0 Å². The van der Waals surface area contributed by atoms with Gasteiger partial charge in [-0.1, -0.05) is 12.1 Å². The summed E-state index contributed by atoms with van der Waals surface area (Å²) in [6.07, 6.45) is 0. The first-order valence-corrected chi connectivity index (χ1v) is 5.98. The van der Waals surface area contributed by atoms with E-state index >= 15 is 0 Å². The maximum Gasteiger partial charge on any atom is 0.248 e. The lowest BCUT2D eigenvalue weighted by atomic mass is 10.1. The molecule has 76 valence electrons. The third kappa shape index (κ3) is 2.27. The molecule has 0 aliphatic carbocycles. The van der Waals surface area contributed by atoms with Crippen LogP contribution in [0.15, 0.2) is 40.2 Å². The van der Waals surface area contributed by atoms with Crippen molar-refractivity contribution in [3.8, 4) is 10.4 Å². The second kappa shape index (κ2) is 4.16. The number of rotatable bonds is 2. The largest absolute Gasteiger partial charge is 0.366 e. The number of carbonyl (C=O) groups excluding carboxylic acids is 1. The Morgan fingerprint density at radius 3 is 2.40 bits per heavy atom. The van der Waals surface area contributed by atoms with Gasteiger partial charge in [-0.15, -0.1) is 11.3 Å². The van der Waals surface area contributed by atoms with Gasteiger partial charge in [0.1, 0.15) is 0 Å². The predicted octanol–water partition coefficient (Wildman–Crippen LogP) is 3.28. The molecule has 0 spiro atoms. The Morgan fingerprint density at radius 2 is 1.93 bits per heavy atom. The molecule has 0 bridgehead atoms. The standard InChI is InChI=1S/C11H8BrNOS/c12-9-5-10(15-6-9)7-1-3-8(4-2-7)11(13)14/h1-6H,(H2,13,14). The second-order valence-corrected chi connectivity index (χ2v) is 4.90. The normalized spacial score (nSPS) is 10.2. The fourth-order valence-corrected chi connectivity index (χ4v) is 2.70. The Balaban J connectivity index is 2.35. The highest BCUT2D eigenvalue weighted by Gasteiger charge is 2.03. The first kappa shape index (κ1) is 10.4. The zero-order chi connectivity index (χ0) is 10.8. The van der Waals surface area contributed by atoms with Crippen molar-refractivity contribution in [1.82, 2.24) is 0 Å². The number of benzene rings is 1. The van der Waals surface area contributed by atoms with Crippen molar-refractivity contribution in [3.63, 3.8) is 0 Å². The number of hydrogen-bond donors (Lipinski definition) is 1. The molecular weight excluding hydrogens is 274 g/mol. The fraction of sp³-hybridized carbons (Fsp3) is 0. The highest BCUT2D eigenvalue weighted by Crippen LogP contribution is 2.29. The highest BCUT2D eigenvalue weighted by molar-refractivity contribution is 9.10. The molecule has 0 aliphatic heterocycles. The van der Waals surface area contributed by atoms with Gasteiger partial charge in [-0.3, -0.25) is 4.79 Å². The van der Waals surface area contributed by atoms with Crippen LogP contribution in [0, 0.1) is 0 Å². The Labute approximate surface area is 99.9 Å². The van der Waals surface area contributed by atoms with E-state index in [0.29, 0.717) is 5.56 Å². The minimum Gasteiger partial charge on any atom is -0.366 e. The average molecular weight is 282 g/mol. The number of primary amides is 1. The van der Waals surface area contributed by atoms with Gasteiger partial charge in [-0.05, 0) is 39.7 Å². The molecular formula is C11H8BrNOS. The average Bonchev–Trinajstić information content (AvgIpc) is 2.65. The predicted molar refractivity (Wildman–Crippen MR) is 66.0 cm³/mol. The fourth-order valence-electron chi connectivity index (χ4n) is 1.26. The van der Waals surface area contributed by atoms with Crippen LogP contribution in [0.1, 0.15) is 10.4 Å². The number of hydrogen-bond acceptors (Lipinski definition) is 2. The van der Waals surface area contributed by atoms with Crippen molar-refractivity contribution < 1.29 is 4.79 Å². The van der Waals surface area contributed by atoms with E-state index in [0.717, 1.165) is 14.9 Å². The van der Waals surface area contributed by atoms with Crippen molar-refractivity contribution in [2.45, 2.75) is 0 Å². The van der Waals surface area contributed by atoms with Crippen molar-refractivity contribution in [2.75, 3.05) is 0 Å². The van der Waals surface area contributed by atoms with Crippen LogP contribution in [0.5, 0.6) is 0 Å². The molecule has 0 radical (unpaired) electrons. The van der Waals surface area contributed by atoms with Gasteiger partial charge < -0.3 is 5.73 Å². The molecule has 1 aromatic heterocycles. The third-order valence-electron chi connectivity index (χ3n) is 2.02. The van der Waals surface area contributed by atoms with E-state index in [2.05, 4.69) is 15.9 Å². The number of thiophene rings is 1. The molecule has 1 heterocycles. The van der Waals surface area contributed by atoms with Crippen LogP contribution in [0.2, 0.25) is 0 Å². The van der Waals surface area contributed by atoms with Gasteiger partial charge in [-0.2, -0.15) is 0 Å². The molecule has 2 aromatic rings. The number of carbonyl (C=O) groups is 1. The van der Waals surface area contributed by atoms with Crippen LogP contribution in [0.25, 0.3) is 10.4 Å². The van der Waals surface area contributed by atoms with Crippen LogP contribution in [0.3, 0.4) is 0 Å². The molecule has 15 heavy (non-hydrogen) atoms. The second-order valence-electron chi connectivity index (χ2n) is 3.07. The van der Waals surface area contributed by atoms with Gasteiger partial charge in [0.25, 0.3) is 0 Å². The topological polar surface area (TPSA) is 43.1 Å². The zero-order valence-electron chi connectivity index (χ0n) is 7.74. The van der Waals surface area contributed by atoms with E-state index in [4.69, 9.17) is 5.73 Å². The summed E-state index contributed by atoms with van der Waals surface area (Å²) in [5.74, 6) is -0.395. The van der Waals surface area contributed by atoms with E-state index < -0.39 is 5.91 Å². The monoisotopic (exact) mass is 281 g/mol. The Hall–Kier alpha value is -1.13. The number of amides is 1.